The lowest BCUT2D eigenvalue weighted by Crippen LogP contribution is -2.39. The zero-order valence-corrected chi connectivity index (χ0v) is 11.1. The first kappa shape index (κ1) is 12.9. The number of carbonyl (C=O) groups is 1. The summed E-state index contributed by atoms with van der Waals surface area (Å²) in [6, 6.07) is 0.533. The molecule has 1 saturated carbocycles. The largest absolute Gasteiger partial charge is 0.462 e. The van der Waals surface area contributed by atoms with Crippen molar-refractivity contribution in [2.75, 3.05) is 0 Å². The molecule has 2 fully saturated rings. The Balaban J connectivity index is 1.80. The maximum absolute atomic E-state index is 12.0. The zero-order chi connectivity index (χ0) is 12.3. The molecule has 4 atom stereocenters. The molecule has 0 aromatic rings. The summed E-state index contributed by atoms with van der Waals surface area (Å²) < 4.78 is 5.48. The quantitative estimate of drug-likeness (QED) is 0.766. The molecule has 0 aromatic heterocycles. The molecule has 1 saturated heterocycles. The van der Waals surface area contributed by atoms with Crippen molar-refractivity contribution in [1.82, 2.24) is 5.32 Å². The van der Waals surface area contributed by atoms with Crippen LogP contribution in [0.4, 0.5) is 0 Å². The number of fused-ring (bicyclic) bond motifs is 1. The Morgan fingerprint density at radius 3 is 2.88 bits per heavy atom. The Morgan fingerprint density at radius 2 is 2.18 bits per heavy atom. The highest BCUT2D eigenvalue weighted by molar-refractivity contribution is 5.76. The van der Waals surface area contributed by atoms with Crippen LogP contribution < -0.4 is 5.32 Å². The van der Waals surface area contributed by atoms with E-state index in [2.05, 4.69) is 12.2 Å². The van der Waals surface area contributed by atoms with Crippen LogP contribution in [0.25, 0.3) is 0 Å². The highest BCUT2D eigenvalue weighted by Gasteiger charge is 2.39. The normalized spacial score (nSPS) is 34.1. The highest BCUT2D eigenvalue weighted by atomic mass is 16.5. The minimum Gasteiger partial charge on any atom is -0.462 e. The summed E-state index contributed by atoms with van der Waals surface area (Å²) in [6.07, 6.45) is 8.24. The van der Waals surface area contributed by atoms with Gasteiger partial charge in [0.05, 0.1) is 6.10 Å². The molecule has 0 amide bonds. The van der Waals surface area contributed by atoms with E-state index in [1.165, 1.54) is 25.7 Å². The SMILES string of the molecule is CCCC(C)OC(=O)C1CC2CCCCC2N1. The molecule has 1 aliphatic heterocycles. The van der Waals surface area contributed by atoms with Crippen LogP contribution in [0, 0.1) is 5.92 Å². The summed E-state index contributed by atoms with van der Waals surface area (Å²) in [4.78, 5) is 12.0. The summed E-state index contributed by atoms with van der Waals surface area (Å²) in [5.74, 6) is 0.683. The van der Waals surface area contributed by atoms with Crippen molar-refractivity contribution in [3.05, 3.63) is 0 Å². The van der Waals surface area contributed by atoms with E-state index in [1.807, 2.05) is 6.92 Å². The Morgan fingerprint density at radius 1 is 1.41 bits per heavy atom. The minimum atomic E-state index is -0.0394. The van der Waals surface area contributed by atoms with Crippen molar-refractivity contribution in [3.8, 4) is 0 Å². The van der Waals surface area contributed by atoms with Crippen LogP contribution in [0.5, 0.6) is 0 Å². The molecule has 17 heavy (non-hydrogen) atoms. The Kier molecular flexibility index (Phi) is 4.43. The molecule has 0 spiro atoms. The van der Waals surface area contributed by atoms with Gasteiger partial charge in [-0.25, -0.2) is 0 Å². The topological polar surface area (TPSA) is 38.3 Å². The standard InChI is InChI=1S/C14H25NO2/c1-3-6-10(2)17-14(16)13-9-11-7-4-5-8-12(11)15-13/h10-13,15H,3-9H2,1-2H3. The van der Waals surface area contributed by atoms with Crippen molar-refractivity contribution >= 4 is 5.97 Å². The summed E-state index contributed by atoms with van der Waals surface area (Å²) >= 11 is 0. The van der Waals surface area contributed by atoms with Gasteiger partial charge in [-0.2, -0.15) is 0 Å². The van der Waals surface area contributed by atoms with Gasteiger partial charge in [0.1, 0.15) is 6.04 Å². The van der Waals surface area contributed by atoms with Gasteiger partial charge in [-0.1, -0.05) is 26.2 Å². The van der Waals surface area contributed by atoms with Crippen LogP contribution in [0.15, 0.2) is 0 Å². The molecule has 4 unspecified atom stereocenters. The summed E-state index contributed by atoms with van der Waals surface area (Å²) in [6.45, 7) is 4.11. The van der Waals surface area contributed by atoms with E-state index in [1.54, 1.807) is 0 Å². The maximum atomic E-state index is 12.0. The number of esters is 1. The smallest absolute Gasteiger partial charge is 0.323 e. The molecule has 0 bridgehead atoms. The lowest BCUT2D eigenvalue weighted by molar-refractivity contribution is -0.150. The minimum absolute atomic E-state index is 0.0275. The molecular weight excluding hydrogens is 214 g/mol. The molecule has 1 aliphatic carbocycles. The molecule has 3 heteroatoms. The van der Waals surface area contributed by atoms with E-state index in [9.17, 15) is 4.79 Å². The number of nitrogens with one attached hydrogen (secondary N) is 1. The molecule has 1 N–H and O–H groups in total. The van der Waals surface area contributed by atoms with Gasteiger partial charge >= 0.3 is 5.97 Å². The van der Waals surface area contributed by atoms with Crippen LogP contribution in [-0.2, 0) is 9.53 Å². The van der Waals surface area contributed by atoms with Crippen molar-refractivity contribution in [3.63, 3.8) is 0 Å². The van der Waals surface area contributed by atoms with Crippen molar-refractivity contribution < 1.29 is 9.53 Å². The van der Waals surface area contributed by atoms with Crippen molar-refractivity contribution in [1.29, 1.82) is 0 Å². The predicted molar refractivity (Wildman–Crippen MR) is 67.7 cm³/mol. The van der Waals surface area contributed by atoms with Crippen LogP contribution in [-0.4, -0.2) is 24.2 Å². The summed E-state index contributed by atoms with van der Waals surface area (Å²) in [7, 11) is 0. The van der Waals surface area contributed by atoms with Gasteiger partial charge in [0, 0.05) is 6.04 Å². The van der Waals surface area contributed by atoms with Gasteiger partial charge in [0.25, 0.3) is 0 Å². The van der Waals surface area contributed by atoms with Crippen LogP contribution in [0.3, 0.4) is 0 Å². The fraction of sp³-hybridized carbons (Fsp3) is 0.929. The van der Waals surface area contributed by atoms with E-state index < -0.39 is 0 Å². The van der Waals surface area contributed by atoms with Gasteiger partial charge in [-0.3, -0.25) is 4.79 Å². The van der Waals surface area contributed by atoms with E-state index in [4.69, 9.17) is 4.74 Å². The number of hydrogen-bond acceptors (Lipinski definition) is 3. The van der Waals surface area contributed by atoms with Crippen molar-refractivity contribution in [2.24, 2.45) is 5.92 Å². The maximum Gasteiger partial charge on any atom is 0.323 e. The van der Waals surface area contributed by atoms with Crippen LogP contribution >= 0.6 is 0 Å². The molecule has 2 rings (SSSR count). The number of carbonyl (C=O) groups excluding carboxylic acids is 1. The number of rotatable bonds is 4. The fourth-order valence-electron chi connectivity index (χ4n) is 3.25. The van der Waals surface area contributed by atoms with Crippen molar-refractivity contribution in [2.45, 2.75) is 77.0 Å². The molecule has 2 aliphatic rings. The summed E-state index contributed by atoms with van der Waals surface area (Å²) in [5.41, 5.74) is 0. The molecule has 1 heterocycles. The average molecular weight is 239 g/mol. The van der Waals surface area contributed by atoms with Crippen LogP contribution in [0.2, 0.25) is 0 Å². The summed E-state index contributed by atoms with van der Waals surface area (Å²) in [5, 5.41) is 3.47. The monoisotopic (exact) mass is 239 g/mol. The first-order chi connectivity index (χ1) is 8.20. The third kappa shape index (κ3) is 3.21. The second-order valence-electron chi connectivity index (χ2n) is 5.64. The van der Waals surface area contributed by atoms with Gasteiger partial charge in [-0.05, 0) is 38.5 Å². The van der Waals surface area contributed by atoms with Gasteiger partial charge in [0.15, 0.2) is 0 Å². The predicted octanol–water partition coefficient (Wildman–Crippen LogP) is 2.64. The number of hydrogen-bond donors (Lipinski definition) is 1. The van der Waals surface area contributed by atoms with E-state index in [0.717, 1.165) is 19.3 Å². The molecular formula is C14H25NO2. The lowest BCUT2D eigenvalue weighted by Gasteiger charge is -2.24. The van der Waals surface area contributed by atoms with Gasteiger partial charge in [0.2, 0.25) is 0 Å². The third-order valence-corrected chi connectivity index (χ3v) is 4.16. The molecule has 0 aromatic carbocycles. The molecule has 3 nitrogen and oxygen atoms in total. The first-order valence-corrected chi connectivity index (χ1v) is 7.17. The first-order valence-electron chi connectivity index (χ1n) is 7.17. The highest BCUT2D eigenvalue weighted by Crippen LogP contribution is 2.33. The second kappa shape index (κ2) is 5.85. The lowest BCUT2D eigenvalue weighted by atomic mass is 9.85. The Hall–Kier alpha value is -0.570. The second-order valence-corrected chi connectivity index (χ2v) is 5.64. The van der Waals surface area contributed by atoms with E-state index in [0.29, 0.717) is 12.0 Å². The Labute approximate surface area is 104 Å². The van der Waals surface area contributed by atoms with Gasteiger partial charge < -0.3 is 10.1 Å². The average Bonchev–Trinajstić information content (AvgIpc) is 2.72. The number of ether oxygens (including phenoxy) is 1. The zero-order valence-electron chi connectivity index (χ0n) is 11.1. The van der Waals surface area contributed by atoms with E-state index >= 15 is 0 Å². The molecule has 98 valence electrons. The fourth-order valence-corrected chi connectivity index (χ4v) is 3.25. The third-order valence-electron chi connectivity index (χ3n) is 4.16. The molecule has 0 radical (unpaired) electrons. The Bertz CT molecular complexity index is 253. The van der Waals surface area contributed by atoms with Crippen LogP contribution in [0.1, 0.15) is 58.8 Å². The van der Waals surface area contributed by atoms with E-state index in [-0.39, 0.29) is 18.1 Å². The van der Waals surface area contributed by atoms with Gasteiger partial charge in [-0.15, -0.1) is 0 Å².